The van der Waals surface area contributed by atoms with Crippen LogP contribution in [-0.2, 0) is 4.57 Å². The summed E-state index contributed by atoms with van der Waals surface area (Å²) in [5.74, 6) is 0. The molecule has 0 saturated carbocycles. The number of aromatic nitrogens is 2. The lowest BCUT2D eigenvalue weighted by molar-refractivity contribution is 0.592. The van der Waals surface area contributed by atoms with Gasteiger partial charge in [-0.25, -0.2) is 4.98 Å². The average Bonchev–Trinajstić information content (AvgIpc) is 3.01. The van der Waals surface area contributed by atoms with Gasteiger partial charge < -0.3 is 4.57 Å². The summed E-state index contributed by atoms with van der Waals surface area (Å²) in [5.41, 5.74) is 3.77. The first kappa shape index (κ1) is 22.6. The second-order valence-corrected chi connectivity index (χ2v) is 12.1. The van der Waals surface area contributed by atoms with E-state index in [2.05, 4.69) is 24.3 Å². The lowest BCUT2D eigenvalue weighted by Gasteiger charge is -2.20. The van der Waals surface area contributed by atoms with Crippen LogP contribution in [0.4, 0.5) is 0 Å². The summed E-state index contributed by atoms with van der Waals surface area (Å²) in [4.78, 5) is 9.83. The van der Waals surface area contributed by atoms with E-state index in [9.17, 15) is 4.57 Å². The van der Waals surface area contributed by atoms with Crippen molar-refractivity contribution in [3.8, 4) is 11.3 Å². The Balaban J connectivity index is 1.45. The fourth-order valence-electron chi connectivity index (χ4n) is 5.35. The number of rotatable bonds is 4. The summed E-state index contributed by atoms with van der Waals surface area (Å²) in [6, 6.07) is 44.2. The van der Waals surface area contributed by atoms with Crippen LogP contribution in [0, 0.1) is 0 Å². The minimum absolute atomic E-state index is 0.802. The second-order valence-electron chi connectivity index (χ2n) is 9.37. The highest BCUT2D eigenvalue weighted by atomic mass is 31.2. The Hall–Kier alpha value is -4.59. The van der Waals surface area contributed by atoms with E-state index in [0.717, 1.165) is 59.7 Å². The molecule has 0 spiro atoms. The molecule has 3 nitrogen and oxygen atoms in total. The molecule has 0 aliphatic heterocycles. The zero-order chi connectivity index (χ0) is 25.5. The molecule has 7 rings (SSSR count). The molecular formula is C34H23N2OP. The quantitative estimate of drug-likeness (QED) is 0.187. The van der Waals surface area contributed by atoms with Crippen molar-refractivity contribution in [2.45, 2.75) is 0 Å². The first-order chi connectivity index (χ1) is 18.7. The average molecular weight is 507 g/mol. The molecule has 0 atom stereocenters. The summed E-state index contributed by atoms with van der Waals surface area (Å²) in [5, 5.41) is 6.80. The van der Waals surface area contributed by atoms with E-state index in [4.69, 9.17) is 9.97 Å². The highest BCUT2D eigenvalue weighted by Gasteiger charge is 2.29. The standard InChI is InChI=1S/C34H23N2OP/c37-38(26-11-3-1-4-12-26,27-13-5-2-6-14-27)28-20-17-25(18-21-28)33-30-22-19-24-10-9-23-35-34(24)32(30)29-15-7-8-16-31(29)36-33/h1-23H. The summed E-state index contributed by atoms with van der Waals surface area (Å²) in [6.45, 7) is 0. The first-order valence-electron chi connectivity index (χ1n) is 12.6. The molecule has 0 bridgehead atoms. The summed E-state index contributed by atoms with van der Waals surface area (Å²) in [7, 11) is -3.04. The van der Waals surface area contributed by atoms with Gasteiger partial charge in [0.05, 0.1) is 16.7 Å². The second kappa shape index (κ2) is 9.06. The van der Waals surface area contributed by atoms with Crippen LogP contribution >= 0.6 is 7.14 Å². The van der Waals surface area contributed by atoms with Crippen LogP contribution in [0.2, 0.25) is 0 Å². The van der Waals surface area contributed by atoms with Gasteiger partial charge in [0.1, 0.15) is 0 Å². The number of pyridine rings is 2. The fraction of sp³-hybridized carbons (Fsp3) is 0. The van der Waals surface area contributed by atoms with Crippen LogP contribution in [0.5, 0.6) is 0 Å². The fourth-order valence-corrected chi connectivity index (χ4v) is 8.00. The third-order valence-electron chi connectivity index (χ3n) is 7.18. The van der Waals surface area contributed by atoms with Crippen molar-refractivity contribution in [3.05, 3.63) is 140 Å². The molecule has 180 valence electrons. The zero-order valence-corrected chi connectivity index (χ0v) is 21.4. The Morgan fingerprint density at radius 3 is 1.87 bits per heavy atom. The number of hydrogen-bond donors (Lipinski definition) is 0. The molecule has 2 aromatic heterocycles. The molecule has 2 heterocycles. The smallest absolute Gasteiger partial charge is 0.171 e. The molecule has 0 aliphatic rings. The molecule has 0 unspecified atom stereocenters. The monoisotopic (exact) mass is 506 g/mol. The Morgan fingerprint density at radius 2 is 1.16 bits per heavy atom. The van der Waals surface area contributed by atoms with Crippen molar-refractivity contribution in [3.63, 3.8) is 0 Å². The van der Waals surface area contributed by atoms with E-state index in [1.54, 1.807) is 0 Å². The van der Waals surface area contributed by atoms with Gasteiger partial charge in [0.15, 0.2) is 7.14 Å². The number of benzene rings is 5. The lowest BCUT2D eigenvalue weighted by atomic mass is 9.97. The summed E-state index contributed by atoms with van der Waals surface area (Å²) in [6.07, 6.45) is 1.84. The minimum Gasteiger partial charge on any atom is -0.309 e. The molecule has 0 amide bonds. The van der Waals surface area contributed by atoms with E-state index in [0.29, 0.717) is 0 Å². The van der Waals surface area contributed by atoms with E-state index >= 15 is 0 Å². The van der Waals surface area contributed by atoms with Gasteiger partial charge in [0.25, 0.3) is 0 Å². The van der Waals surface area contributed by atoms with Crippen molar-refractivity contribution in [2.24, 2.45) is 0 Å². The van der Waals surface area contributed by atoms with Crippen molar-refractivity contribution in [1.29, 1.82) is 0 Å². The van der Waals surface area contributed by atoms with E-state index in [-0.39, 0.29) is 0 Å². The van der Waals surface area contributed by atoms with Gasteiger partial charge in [-0.2, -0.15) is 0 Å². The third-order valence-corrected chi connectivity index (χ3v) is 10.3. The molecule has 4 heteroatoms. The largest absolute Gasteiger partial charge is 0.309 e. The predicted octanol–water partition coefficient (Wildman–Crippen LogP) is 7.24. The normalized spacial score (nSPS) is 11.8. The maximum atomic E-state index is 14.8. The van der Waals surface area contributed by atoms with Crippen molar-refractivity contribution in [1.82, 2.24) is 9.97 Å². The molecule has 38 heavy (non-hydrogen) atoms. The summed E-state index contributed by atoms with van der Waals surface area (Å²) < 4.78 is 14.8. The molecule has 7 aromatic rings. The maximum absolute atomic E-state index is 14.8. The SMILES string of the molecule is O=P(c1ccccc1)(c1ccccc1)c1ccc(-c2nc3ccccc3c3c2ccc2cccnc23)cc1. The van der Waals surface area contributed by atoms with E-state index < -0.39 is 7.14 Å². The van der Waals surface area contributed by atoms with Crippen molar-refractivity contribution >= 4 is 55.6 Å². The molecule has 0 fully saturated rings. The van der Waals surface area contributed by atoms with E-state index in [1.807, 2.05) is 115 Å². The Labute approximate surface area is 220 Å². The van der Waals surface area contributed by atoms with Crippen LogP contribution in [0.25, 0.3) is 43.8 Å². The number of para-hydroxylation sites is 1. The zero-order valence-electron chi connectivity index (χ0n) is 20.5. The minimum atomic E-state index is -3.04. The Bertz CT molecular complexity index is 1930. The third kappa shape index (κ3) is 3.55. The van der Waals surface area contributed by atoms with Crippen LogP contribution in [0.15, 0.2) is 140 Å². The summed E-state index contributed by atoms with van der Waals surface area (Å²) >= 11 is 0. The van der Waals surface area contributed by atoms with Gasteiger partial charge in [-0.15, -0.1) is 0 Å². The number of hydrogen-bond acceptors (Lipinski definition) is 3. The van der Waals surface area contributed by atoms with E-state index in [1.165, 1.54) is 0 Å². The first-order valence-corrected chi connectivity index (χ1v) is 14.3. The van der Waals surface area contributed by atoms with Gasteiger partial charge in [0, 0.05) is 49.2 Å². The topological polar surface area (TPSA) is 42.9 Å². The van der Waals surface area contributed by atoms with Crippen molar-refractivity contribution in [2.75, 3.05) is 0 Å². The highest BCUT2D eigenvalue weighted by Crippen LogP contribution is 2.43. The maximum Gasteiger partial charge on any atom is 0.171 e. The Morgan fingerprint density at radius 1 is 0.526 bits per heavy atom. The van der Waals surface area contributed by atoms with Crippen LogP contribution in [-0.4, -0.2) is 9.97 Å². The molecule has 0 saturated heterocycles. The van der Waals surface area contributed by atoms with Crippen molar-refractivity contribution < 1.29 is 4.57 Å². The molecular weight excluding hydrogens is 483 g/mol. The number of fused-ring (bicyclic) bond motifs is 5. The van der Waals surface area contributed by atoms with Gasteiger partial charge >= 0.3 is 0 Å². The van der Waals surface area contributed by atoms with Gasteiger partial charge in [-0.3, -0.25) is 4.98 Å². The van der Waals surface area contributed by atoms with Gasteiger partial charge in [-0.1, -0.05) is 121 Å². The molecule has 5 aromatic carbocycles. The van der Waals surface area contributed by atoms with Crippen LogP contribution in [0.1, 0.15) is 0 Å². The lowest BCUT2D eigenvalue weighted by Crippen LogP contribution is -2.24. The van der Waals surface area contributed by atoms with Crippen LogP contribution < -0.4 is 15.9 Å². The molecule has 0 aliphatic carbocycles. The predicted molar refractivity (Wildman–Crippen MR) is 159 cm³/mol. The Kier molecular flexibility index (Phi) is 5.39. The van der Waals surface area contributed by atoms with Crippen LogP contribution in [0.3, 0.4) is 0 Å². The van der Waals surface area contributed by atoms with Gasteiger partial charge in [-0.05, 0) is 12.1 Å². The number of nitrogens with zero attached hydrogens (tertiary/aromatic N) is 2. The highest BCUT2D eigenvalue weighted by molar-refractivity contribution is 7.85. The molecule has 0 radical (unpaired) electrons. The molecule has 0 N–H and O–H groups in total. The van der Waals surface area contributed by atoms with Gasteiger partial charge in [0.2, 0.25) is 0 Å².